The van der Waals surface area contributed by atoms with E-state index in [2.05, 4.69) is 10.1 Å². The highest BCUT2D eigenvalue weighted by atomic mass is 35.5. The Hall–Kier alpha value is -2.82. The fraction of sp³-hybridized carbons (Fsp3) is 0. The Balaban J connectivity index is 2.03. The molecule has 26 heavy (non-hydrogen) atoms. The fourth-order valence-corrected chi connectivity index (χ4v) is 2.98. The molecular formula is C20H14Cl2N2O2. The first kappa shape index (κ1) is 18.0. The van der Waals surface area contributed by atoms with E-state index in [9.17, 15) is 10.3 Å². The van der Waals surface area contributed by atoms with Crippen molar-refractivity contribution in [2.45, 2.75) is 0 Å². The zero-order valence-corrected chi connectivity index (χ0v) is 15.0. The zero-order chi connectivity index (χ0) is 18.5. The molecule has 3 aromatic carbocycles. The first-order valence-corrected chi connectivity index (χ1v) is 8.44. The number of hydrogen-bond donors (Lipinski definition) is 2. The van der Waals surface area contributed by atoms with Crippen LogP contribution in [-0.2, 0) is 0 Å². The highest BCUT2D eigenvalue weighted by molar-refractivity contribution is 6.36. The lowest BCUT2D eigenvalue weighted by molar-refractivity contribution is 0.319. The monoisotopic (exact) mass is 384 g/mol. The lowest BCUT2D eigenvalue weighted by atomic mass is 10.0. The molecule has 0 bridgehead atoms. The molecule has 0 saturated carbocycles. The van der Waals surface area contributed by atoms with Gasteiger partial charge in [-0.25, -0.2) is 0 Å². The SMILES string of the molecule is O/N=C(/c1ccccc1)c1ccccc1N=Cc1cc(Cl)cc(Cl)c1O. The Morgan fingerprint density at radius 1 is 0.923 bits per heavy atom. The predicted molar refractivity (Wildman–Crippen MR) is 106 cm³/mol. The minimum absolute atomic E-state index is 0.101. The number of para-hydroxylation sites is 1. The van der Waals surface area contributed by atoms with Gasteiger partial charge in [-0.3, -0.25) is 4.99 Å². The average molecular weight is 385 g/mol. The van der Waals surface area contributed by atoms with Crippen molar-refractivity contribution >= 4 is 40.8 Å². The second-order valence-electron chi connectivity index (χ2n) is 5.42. The van der Waals surface area contributed by atoms with Gasteiger partial charge in [-0.1, -0.05) is 76.9 Å². The molecule has 4 nitrogen and oxygen atoms in total. The first-order chi connectivity index (χ1) is 12.6. The van der Waals surface area contributed by atoms with Crippen molar-refractivity contribution in [1.29, 1.82) is 0 Å². The van der Waals surface area contributed by atoms with Crippen molar-refractivity contribution in [2.24, 2.45) is 10.1 Å². The number of nitrogens with zero attached hydrogens (tertiary/aromatic N) is 2. The maximum Gasteiger partial charge on any atom is 0.143 e. The van der Waals surface area contributed by atoms with Crippen molar-refractivity contribution in [2.75, 3.05) is 0 Å². The molecule has 130 valence electrons. The standard InChI is InChI=1S/C20H14Cl2N2O2/c21-15-10-14(20(25)17(22)11-15)12-23-18-9-5-4-8-16(18)19(24-26)13-6-2-1-3-7-13/h1-12,25-26H/b23-12?,24-19-. The molecule has 3 aromatic rings. The first-order valence-electron chi connectivity index (χ1n) is 7.69. The van der Waals surface area contributed by atoms with E-state index in [4.69, 9.17) is 23.2 Å². The summed E-state index contributed by atoms with van der Waals surface area (Å²) in [7, 11) is 0. The van der Waals surface area contributed by atoms with Gasteiger partial charge in [0.15, 0.2) is 0 Å². The number of aromatic hydroxyl groups is 1. The fourth-order valence-electron chi connectivity index (χ4n) is 2.47. The molecule has 6 heteroatoms. The lowest BCUT2D eigenvalue weighted by Gasteiger charge is -2.08. The highest BCUT2D eigenvalue weighted by Gasteiger charge is 2.12. The van der Waals surface area contributed by atoms with Gasteiger partial charge in [-0.05, 0) is 18.2 Å². The van der Waals surface area contributed by atoms with Crippen LogP contribution in [0.15, 0.2) is 76.9 Å². The average Bonchev–Trinajstić information content (AvgIpc) is 2.66. The summed E-state index contributed by atoms with van der Waals surface area (Å²) >= 11 is 11.9. The van der Waals surface area contributed by atoms with Crippen LogP contribution in [0.25, 0.3) is 0 Å². The smallest absolute Gasteiger partial charge is 0.143 e. The number of hydrogen-bond acceptors (Lipinski definition) is 4. The van der Waals surface area contributed by atoms with Crippen LogP contribution >= 0.6 is 23.2 Å². The molecule has 0 saturated heterocycles. The molecule has 0 amide bonds. The Morgan fingerprint density at radius 3 is 2.35 bits per heavy atom. The summed E-state index contributed by atoms with van der Waals surface area (Å²) in [6.45, 7) is 0. The van der Waals surface area contributed by atoms with Crippen LogP contribution in [0, 0.1) is 0 Å². The molecule has 0 aliphatic rings. The van der Waals surface area contributed by atoms with E-state index in [1.165, 1.54) is 12.3 Å². The number of aliphatic imine (C=N–C) groups is 1. The van der Waals surface area contributed by atoms with Crippen LogP contribution in [0.5, 0.6) is 5.75 Å². The van der Waals surface area contributed by atoms with Gasteiger partial charge in [-0.15, -0.1) is 0 Å². The van der Waals surface area contributed by atoms with Gasteiger partial charge in [0.05, 0.1) is 10.7 Å². The summed E-state index contributed by atoms with van der Waals surface area (Å²) in [5, 5.41) is 23.6. The Bertz CT molecular complexity index is 986. The van der Waals surface area contributed by atoms with Gasteiger partial charge in [-0.2, -0.15) is 0 Å². The summed E-state index contributed by atoms with van der Waals surface area (Å²) in [6.07, 6.45) is 1.46. The minimum atomic E-state index is -0.101. The third kappa shape index (κ3) is 3.87. The van der Waals surface area contributed by atoms with Gasteiger partial charge in [0, 0.05) is 27.9 Å². The normalized spacial score (nSPS) is 11.8. The van der Waals surface area contributed by atoms with Crippen LogP contribution in [0.2, 0.25) is 10.0 Å². The maximum atomic E-state index is 10.1. The van der Waals surface area contributed by atoms with Gasteiger partial charge in [0.2, 0.25) is 0 Å². The van der Waals surface area contributed by atoms with E-state index < -0.39 is 0 Å². The number of benzene rings is 3. The summed E-state index contributed by atoms with van der Waals surface area (Å²) in [4.78, 5) is 4.42. The second kappa shape index (κ2) is 8.04. The Kier molecular flexibility index (Phi) is 5.56. The van der Waals surface area contributed by atoms with Gasteiger partial charge >= 0.3 is 0 Å². The number of rotatable bonds is 4. The molecule has 0 aliphatic heterocycles. The van der Waals surface area contributed by atoms with Crippen molar-refractivity contribution in [3.63, 3.8) is 0 Å². The molecule has 3 rings (SSSR count). The molecular weight excluding hydrogens is 371 g/mol. The molecule has 0 atom stereocenters. The molecule has 0 radical (unpaired) electrons. The summed E-state index contributed by atoms with van der Waals surface area (Å²) < 4.78 is 0. The van der Waals surface area contributed by atoms with Crippen LogP contribution in [0.4, 0.5) is 5.69 Å². The van der Waals surface area contributed by atoms with Gasteiger partial charge in [0.1, 0.15) is 11.5 Å². The van der Waals surface area contributed by atoms with Gasteiger partial charge in [0.25, 0.3) is 0 Å². The zero-order valence-electron chi connectivity index (χ0n) is 13.5. The van der Waals surface area contributed by atoms with E-state index >= 15 is 0 Å². The van der Waals surface area contributed by atoms with E-state index in [1.807, 2.05) is 42.5 Å². The Morgan fingerprint density at radius 2 is 1.62 bits per heavy atom. The highest BCUT2D eigenvalue weighted by Crippen LogP contribution is 2.31. The number of phenolic OH excluding ortho intramolecular Hbond substituents is 1. The van der Waals surface area contributed by atoms with E-state index in [0.717, 1.165) is 5.56 Å². The molecule has 0 unspecified atom stereocenters. The van der Waals surface area contributed by atoms with Crippen molar-refractivity contribution in [1.82, 2.24) is 0 Å². The topological polar surface area (TPSA) is 65.2 Å². The van der Waals surface area contributed by atoms with Crippen LogP contribution < -0.4 is 0 Å². The maximum absolute atomic E-state index is 10.1. The molecule has 2 N–H and O–H groups in total. The Labute approximate surface area is 160 Å². The number of phenols is 1. The van der Waals surface area contributed by atoms with Crippen molar-refractivity contribution < 1.29 is 10.3 Å². The van der Waals surface area contributed by atoms with E-state index in [0.29, 0.717) is 27.5 Å². The van der Waals surface area contributed by atoms with Crippen molar-refractivity contribution in [3.8, 4) is 5.75 Å². The van der Waals surface area contributed by atoms with Gasteiger partial charge < -0.3 is 10.3 Å². The lowest BCUT2D eigenvalue weighted by Crippen LogP contribution is -2.03. The summed E-state index contributed by atoms with van der Waals surface area (Å²) in [5.74, 6) is -0.101. The quantitative estimate of drug-likeness (QED) is 0.345. The number of halogens is 2. The molecule has 0 spiro atoms. The molecule has 0 aromatic heterocycles. The second-order valence-corrected chi connectivity index (χ2v) is 6.26. The third-order valence-corrected chi connectivity index (χ3v) is 4.21. The van der Waals surface area contributed by atoms with E-state index in [-0.39, 0.29) is 10.8 Å². The van der Waals surface area contributed by atoms with Crippen LogP contribution in [-0.4, -0.2) is 22.2 Å². The van der Waals surface area contributed by atoms with Crippen LogP contribution in [0.3, 0.4) is 0 Å². The largest absolute Gasteiger partial charge is 0.506 e. The summed E-state index contributed by atoms with van der Waals surface area (Å²) in [6, 6.07) is 19.5. The minimum Gasteiger partial charge on any atom is -0.506 e. The predicted octanol–water partition coefficient (Wildman–Crippen LogP) is 5.68. The molecule has 0 heterocycles. The van der Waals surface area contributed by atoms with Crippen molar-refractivity contribution in [3.05, 3.63) is 93.5 Å². The van der Waals surface area contributed by atoms with Crippen LogP contribution in [0.1, 0.15) is 16.7 Å². The number of oxime groups is 1. The third-order valence-electron chi connectivity index (χ3n) is 3.71. The van der Waals surface area contributed by atoms with E-state index in [1.54, 1.807) is 18.2 Å². The summed E-state index contributed by atoms with van der Waals surface area (Å²) in [5.41, 5.74) is 2.75. The molecule has 0 aliphatic carbocycles. The molecule has 0 fully saturated rings.